The first-order valence-electron chi connectivity index (χ1n) is 5.46. The van der Waals surface area contributed by atoms with Gasteiger partial charge in [-0.05, 0) is 30.5 Å². The van der Waals surface area contributed by atoms with Gasteiger partial charge in [0.2, 0.25) is 0 Å². The summed E-state index contributed by atoms with van der Waals surface area (Å²) in [6.45, 7) is 0. The van der Waals surface area contributed by atoms with Crippen LogP contribution in [0.4, 0.5) is 0 Å². The molecule has 3 nitrogen and oxygen atoms in total. The minimum absolute atomic E-state index is 0.559. The molecule has 1 heterocycles. The molecule has 1 aliphatic rings. The SMILES string of the molecule is COc1ccc2c(c1)-c1ncnc(Cl)c1CC2. The third-order valence-electron chi connectivity index (χ3n) is 3.11. The van der Waals surface area contributed by atoms with Gasteiger partial charge in [0.1, 0.15) is 17.2 Å². The first kappa shape index (κ1) is 10.5. The van der Waals surface area contributed by atoms with E-state index in [4.69, 9.17) is 16.3 Å². The van der Waals surface area contributed by atoms with E-state index >= 15 is 0 Å². The highest BCUT2D eigenvalue weighted by molar-refractivity contribution is 6.30. The van der Waals surface area contributed by atoms with E-state index in [1.54, 1.807) is 7.11 Å². The third kappa shape index (κ3) is 1.67. The van der Waals surface area contributed by atoms with Crippen molar-refractivity contribution in [2.24, 2.45) is 0 Å². The minimum atomic E-state index is 0.559. The van der Waals surface area contributed by atoms with Gasteiger partial charge in [-0.3, -0.25) is 0 Å². The van der Waals surface area contributed by atoms with E-state index in [-0.39, 0.29) is 0 Å². The van der Waals surface area contributed by atoms with Crippen LogP contribution < -0.4 is 4.74 Å². The molecule has 86 valence electrons. The highest BCUT2D eigenvalue weighted by Gasteiger charge is 2.20. The summed E-state index contributed by atoms with van der Waals surface area (Å²) in [6, 6.07) is 6.08. The highest BCUT2D eigenvalue weighted by atomic mass is 35.5. The molecule has 0 bridgehead atoms. The first-order chi connectivity index (χ1) is 8.29. The van der Waals surface area contributed by atoms with Gasteiger partial charge in [-0.25, -0.2) is 9.97 Å². The van der Waals surface area contributed by atoms with Crippen LogP contribution in [0.1, 0.15) is 11.1 Å². The van der Waals surface area contributed by atoms with Crippen molar-refractivity contribution in [1.29, 1.82) is 0 Å². The molecule has 0 atom stereocenters. The standard InChI is InChI=1S/C13H11ClN2O/c1-17-9-4-2-8-3-5-10-12(11(8)6-9)15-7-16-13(10)14/h2,4,6-7H,3,5H2,1H3. The summed E-state index contributed by atoms with van der Waals surface area (Å²) in [5.74, 6) is 0.839. The highest BCUT2D eigenvalue weighted by Crippen LogP contribution is 2.36. The van der Waals surface area contributed by atoms with E-state index in [1.165, 1.54) is 11.9 Å². The smallest absolute Gasteiger partial charge is 0.136 e. The predicted octanol–water partition coefficient (Wildman–Crippen LogP) is 2.90. The first-order valence-corrected chi connectivity index (χ1v) is 5.84. The van der Waals surface area contributed by atoms with Crippen LogP contribution in [0.3, 0.4) is 0 Å². The number of benzene rings is 1. The average Bonchev–Trinajstić information content (AvgIpc) is 2.38. The molecule has 0 saturated carbocycles. The van der Waals surface area contributed by atoms with Crippen LogP contribution in [0.25, 0.3) is 11.3 Å². The lowest BCUT2D eigenvalue weighted by Gasteiger charge is -2.19. The Labute approximate surface area is 104 Å². The molecule has 17 heavy (non-hydrogen) atoms. The number of fused-ring (bicyclic) bond motifs is 3. The molecule has 2 aromatic rings. The normalized spacial score (nSPS) is 12.8. The van der Waals surface area contributed by atoms with Crippen molar-refractivity contribution < 1.29 is 4.74 Å². The van der Waals surface area contributed by atoms with E-state index in [0.717, 1.165) is 35.4 Å². The van der Waals surface area contributed by atoms with Crippen LogP contribution in [0.2, 0.25) is 5.15 Å². The summed E-state index contributed by atoms with van der Waals surface area (Å²) < 4.78 is 5.25. The Hall–Kier alpha value is -1.61. The number of hydrogen-bond acceptors (Lipinski definition) is 3. The summed E-state index contributed by atoms with van der Waals surface area (Å²) >= 11 is 6.10. The Morgan fingerprint density at radius 1 is 1.24 bits per heavy atom. The summed E-state index contributed by atoms with van der Waals surface area (Å²) in [5.41, 5.74) is 4.36. The molecule has 1 aromatic heterocycles. The molecule has 1 aliphatic carbocycles. The van der Waals surface area contributed by atoms with E-state index < -0.39 is 0 Å². The predicted molar refractivity (Wildman–Crippen MR) is 66.4 cm³/mol. The zero-order valence-electron chi connectivity index (χ0n) is 9.40. The molecule has 0 spiro atoms. The van der Waals surface area contributed by atoms with Crippen molar-refractivity contribution in [3.8, 4) is 17.0 Å². The van der Waals surface area contributed by atoms with E-state index in [9.17, 15) is 0 Å². The van der Waals surface area contributed by atoms with Crippen molar-refractivity contribution in [3.63, 3.8) is 0 Å². The maximum atomic E-state index is 6.10. The molecular formula is C13H11ClN2O. The number of aromatic nitrogens is 2. The number of aryl methyl sites for hydroxylation is 1. The molecule has 0 radical (unpaired) electrons. The maximum Gasteiger partial charge on any atom is 0.136 e. The minimum Gasteiger partial charge on any atom is -0.497 e. The van der Waals surface area contributed by atoms with Crippen LogP contribution in [0, 0.1) is 0 Å². The zero-order valence-corrected chi connectivity index (χ0v) is 10.2. The number of methoxy groups -OCH3 is 1. The second-order valence-electron chi connectivity index (χ2n) is 4.01. The molecule has 0 amide bonds. The van der Waals surface area contributed by atoms with E-state index in [1.807, 2.05) is 12.1 Å². The summed E-state index contributed by atoms with van der Waals surface area (Å²) in [5, 5.41) is 0.559. The van der Waals surface area contributed by atoms with Gasteiger partial charge in [0.05, 0.1) is 12.8 Å². The van der Waals surface area contributed by atoms with Gasteiger partial charge in [0.25, 0.3) is 0 Å². The quantitative estimate of drug-likeness (QED) is 0.726. The lowest BCUT2D eigenvalue weighted by Crippen LogP contribution is -2.07. The lowest BCUT2D eigenvalue weighted by molar-refractivity contribution is 0.415. The largest absolute Gasteiger partial charge is 0.497 e. The van der Waals surface area contributed by atoms with Crippen molar-refractivity contribution in [2.45, 2.75) is 12.8 Å². The van der Waals surface area contributed by atoms with Crippen molar-refractivity contribution >= 4 is 11.6 Å². The molecule has 4 heteroatoms. The van der Waals surface area contributed by atoms with Crippen LogP contribution in [0.5, 0.6) is 5.75 Å². The average molecular weight is 247 g/mol. The molecule has 0 fully saturated rings. The number of nitrogens with zero attached hydrogens (tertiary/aromatic N) is 2. The van der Waals surface area contributed by atoms with Crippen LogP contribution in [-0.4, -0.2) is 17.1 Å². The zero-order chi connectivity index (χ0) is 11.8. The van der Waals surface area contributed by atoms with Gasteiger partial charge in [0.15, 0.2) is 0 Å². The van der Waals surface area contributed by atoms with Crippen LogP contribution in [-0.2, 0) is 12.8 Å². The second-order valence-corrected chi connectivity index (χ2v) is 4.37. The Morgan fingerprint density at radius 2 is 2.12 bits per heavy atom. The number of halogens is 1. The summed E-state index contributed by atoms with van der Waals surface area (Å²) in [7, 11) is 1.67. The Kier molecular flexibility index (Phi) is 2.48. The number of hydrogen-bond donors (Lipinski definition) is 0. The van der Waals surface area contributed by atoms with E-state index in [2.05, 4.69) is 16.0 Å². The number of ether oxygens (including phenoxy) is 1. The van der Waals surface area contributed by atoms with Gasteiger partial charge in [0, 0.05) is 11.1 Å². The van der Waals surface area contributed by atoms with Gasteiger partial charge in [-0.15, -0.1) is 0 Å². The molecule has 0 unspecified atom stereocenters. The van der Waals surface area contributed by atoms with Crippen molar-refractivity contribution in [1.82, 2.24) is 9.97 Å². The van der Waals surface area contributed by atoms with Crippen molar-refractivity contribution in [3.05, 3.63) is 40.8 Å². The third-order valence-corrected chi connectivity index (χ3v) is 3.43. The second kappa shape index (κ2) is 4.00. The summed E-state index contributed by atoms with van der Waals surface area (Å²) in [6.07, 6.45) is 3.38. The molecule has 1 aromatic carbocycles. The maximum absolute atomic E-state index is 6.10. The van der Waals surface area contributed by atoms with Crippen LogP contribution >= 0.6 is 11.6 Å². The van der Waals surface area contributed by atoms with Crippen LogP contribution in [0.15, 0.2) is 24.5 Å². The van der Waals surface area contributed by atoms with Gasteiger partial charge in [-0.2, -0.15) is 0 Å². The summed E-state index contributed by atoms with van der Waals surface area (Å²) in [4.78, 5) is 8.38. The fraction of sp³-hybridized carbons (Fsp3) is 0.231. The Morgan fingerprint density at radius 3 is 2.94 bits per heavy atom. The number of rotatable bonds is 1. The molecular weight excluding hydrogens is 236 g/mol. The fourth-order valence-corrected chi connectivity index (χ4v) is 2.45. The van der Waals surface area contributed by atoms with Gasteiger partial charge in [-0.1, -0.05) is 17.7 Å². The molecule has 3 rings (SSSR count). The van der Waals surface area contributed by atoms with Gasteiger partial charge >= 0.3 is 0 Å². The lowest BCUT2D eigenvalue weighted by atomic mass is 9.90. The van der Waals surface area contributed by atoms with Gasteiger partial charge < -0.3 is 4.74 Å². The van der Waals surface area contributed by atoms with E-state index in [0.29, 0.717) is 5.15 Å². The topological polar surface area (TPSA) is 35.0 Å². The monoisotopic (exact) mass is 246 g/mol. The van der Waals surface area contributed by atoms with Crippen molar-refractivity contribution in [2.75, 3.05) is 7.11 Å². The molecule has 0 N–H and O–H groups in total. The fourth-order valence-electron chi connectivity index (χ4n) is 2.23. The molecule has 0 aliphatic heterocycles. The Bertz CT molecular complexity index is 584. The molecule has 0 saturated heterocycles. The Balaban J connectivity index is 2.24.